The largest absolute Gasteiger partial charge is 0.388 e. The lowest BCUT2D eigenvalue weighted by Crippen LogP contribution is -2.54. The molecule has 0 aliphatic carbocycles. The predicted octanol–water partition coefficient (Wildman–Crippen LogP) is 4.22. The Hall–Kier alpha value is -3.49. The Morgan fingerprint density at radius 3 is 2.48 bits per heavy atom. The van der Waals surface area contributed by atoms with Crippen LogP contribution in [-0.4, -0.2) is 69.2 Å². The Labute approximate surface area is 237 Å². The number of carbonyl (C=O) groups is 2. The molecule has 0 radical (unpaired) electrons. The molecular formula is C32H43N5O3. The number of nitrogens with one attached hydrogen (secondary N) is 2. The zero-order valence-corrected chi connectivity index (χ0v) is 24.0. The zero-order valence-electron chi connectivity index (χ0n) is 24.0. The van der Waals surface area contributed by atoms with E-state index in [1.165, 1.54) is 12.5 Å². The van der Waals surface area contributed by atoms with E-state index >= 15 is 0 Å². The summed E-state index contributed by atoms with van der Waals surface area (Å²) in [6.07, 6.45) is 4.95. The lowest BCUT2D eigenvalue weighted by molar-refractivity contribution is -0.119. The fraction of sp³-hybridized carbons (Fsp3) is 0.469. The van der Waals surface area contributed by atoms with Crippen molar-refractivity contribution in [1.29, 1.82) is 0 Å². The fourth-order valence-electron chi connectivity index (χ4n) is 5.84. The van der Waals surface area contributed by atoms with Gasteiger partial charge in [-0.2, -0.15) is 0 Å². The van der Waals surface area contributed by atoms with Crippen LogP contribution < -0.4 is 10.6 Å². The van der Waals surface area contributed by atoms with Gasteiger partial charge in [0.2, 0.25) is 5.91 Å². The first-order valence-corrected chi connectivity index (χ1v) is 14.5. The van der Waals surface area contributed by atoms with E-state index in [-0.39, 0.29) is 23.9 Å². The Morgan fingerprint density at radius 2 is 1.82 bits per heavy atom. The summed E-state index contributed by atoms with van der Waals surface area (Å²) in [5.74, 6) is -0.208. The van der Waals surface area contributed by atoms with Gasteiger partial charge < -0.3 is 25.2 Å². The average Bonchev–Trinajstić information content (AvgIpc) is 3.41. The second-order valence-corrected chi connectivity index (χ2v) is 10.8. The Balaban J connectivity index is 1.74. The van der Waals surface area contributed by atoms with E-state index in [9.17, 15) is 14.7 Å². The van der Waals surface area contributed by atoms with Crippen LogP contribution in [0.25, 0.3) is 11.3 Å². The van der Waals surface area contributed by atoms with Crippen molar-refractivity contribution in [2.24, 2.45) is 0 Å². The molecule has 3 N–H and O–H groups in total. The molecule has 214 valence electrons. The van der Waals surface area contributed by atoms with Crippen LogP contribution in [0.5, 0.6) is 0 Å². The molecule has 1 unspecified atom stereocenters. The highest BCUT2D eigenvalue weighted by Crippen LogP contribution is 2.38. The van der Waals surface area contributed by atoms with Crippen LogP contribution >= 0.6 is 0 Å². The normalized spacial score (nSPS) is 17.7. The lowest BCUT2D eigenvalue weighted by Gasteiger charge is -2.38. The average molecular weight is 546 g/mol. The molecule has 1 aliphatic rings. The van der Waals surface area contributed by atoms with Crippen molar-refractivity contribution in [3.05, 3.63) is 78.2 Å². The van der Waals surface area contributed by atoms with Crippen molar-refractivity contribution in [2.75, 3.05) is 26.2 Å². The zero-order chi connectivity index (χ0) is 28.5. The molecule has 2 amide bonds. The molecule has 0 spiro atoms. The van der Waals surface area contributed by atoms with Crippen molar-refractivity contribution in [1.82, 2.24) is 25.1 Å². The maximum Gasteiger partial charge on any atom is 0.275 e. The summed E-state index contributed by atoms with van der Waals surface area (Å²) in [4.78, 5) is 32.5. The Bertz CT molecular complexity index is 1250. The van der Waals surface area contributed by atoms with E-state index < -0.39 is 5.60 Å². The summed E-state index contributed by atoms with van der Waals surface area (Å²) >= 11 is 0. The summed E-state index contributed by atoms with van der Waals surface area (Å²) in [5, 5.41) is 18.2. The first-order chi connectivity index (χ1) is 19.4. The summed E-state index contributed by atoms with van der Waals surface area (Å²) in [6.45, 7) is 7.98. The van der Waals surface area contributed by atoms with Crippen molar-refractivity contribution in [2.45, 2.75) is 70.6 Å². The third-order valence-electron chi connectivity index (χ3n) is 8.03. The van der Waals surface area contributed by atoms with Crippen LogP contribution in [0.2, 0.25) is 0 Å². The van der Waals surface area contributed by atoms with E-state index in [1.54, 1.807) is 6.33 Å². The van der Waals surface area contributed by atoms with Crippen LogP contribution in [0.15, 0.2) is 67.0 Å². The van der Waals surface area contributed by atoms with Crippen molar-refractivity contribution >= 4 is 11.8 Å². The van der Waals surface area contributed by atoms with Gasteiger partial charge in [-0.25, -0.2) is 4.98 Å². The number of carbonyl (C=O) groups excluding carboxylic acids is 2. The van der Waals surface area contributed by atoms with E-state index in [0.717, 1.165) is 37.2 Å². The number of hydrogen-bond donors (Lipinski definition) is 3. The van der Waals surface area contributed by atoms with Crippen LogP contribution in [0.1, 0.15) is 68.5 Å². The molecule has 0 bridgehead atoms. The summed E-state index contributed by atoms with van der Waals surface area (Å²) < 4.78 is 2.01. The summed E-state index contributed by atoms with van der Waals surface area (Å²) in [7, 11) is 0. The van der Waals surface area contributed by atoms with Crippen LogP contribution in [-0.2, 0) is 11.2 Å². The third kappa shape index (κ3) is 6.80. The molecule has 1 aromatic heterocycles. The maximum absolute atomic E-state index is 14.3. The molecule has 4 rings (SSSR count). The molecule has 40 heavy (non-hydrogen) atoms. The monoisotopic (exact) mass is 545 g/mol. The molecule has 1 aliphatic heterocycles. The number of amides is 2. The number of piperazine rings is 1. The smallest absolute Gasteiger partial charge is 0.275 e. The minimum atomic E-state index is -1.09. The lowest BCUT2D eigenvalue weighted by atomic mass is 9.84. The van der Waals surface area contributed by atoms with Gasteiger partial charge in [-0.3, -0.25) is 9.59 Å². The Kier molecular flexibility index (Phi) is 10.1. The van der Waals surface area contributed by atoms with Crippen molar-refractivity contribution in [3.63, 3.8) is 0 Å². The standard InChI is InChI=1S/C32H43N5O3/c1-4-12-28(32(40,5-2)17-18-34-24(3)38)37-23-35-29(30(37)26-15-10-7-11-16-26)31(39)36-20-19-33-22-27(36)21-25-13-8-6-9-14-25/h6-11,13-16,23,27-28,33,40H,4-5,12,17-22H2,1-3H3,(H,34,38)/t27-,28+,32?/m1/s1. The highest BCUT2D eigenvalue weighted by atomic mass is 16.3. The number of aliphatic hydroxyl groups is 1. The number of aromatic nitrogens is 2. The van der Waals surface area contributed by atoms with E-state index in [2.05, 4.69) is 29.7 Å². The van der Waals surface area contributed by atoms with Gasteiger partial charge in [-0.05, 0) is 31.2 Å². The minimum Gasteiger partial charge on any atom is -0.388 e. The number of imidazole rings is 1. The molecule has 0 saturated carbocycles. The van der Waals surface area contributed by atoms with Gasteiger partial charge in [-0.1, -0.05) is 80.9 Å². The maximum atomic E-state index is 14.3. The van der Waals surface area contributed by atoms with E-state index in [4.69, 9.17) is 4.98 Å². The number of nitrogens with zero attached hydrogens (tertiary/aromatic N) is 3. The van der Waals surface area contributed by atoms with Crippen molar-refractivity contribution in [3.8, 4) is 11.3 Å². The van der Waals surface area contributed by atoms with Gasteiger partial charge in [0.15, 0.2) is 5.69 Å². The molecule has 8 heteroatoms. The molecule has 2 aromatic carbocycles. The highest BCUT2D eigenvalue weighted by molar-refractivity contribution is 5.98. The fourth-order valence-corrected chi connectivity index (χ4v) is 5.84. The molecule has 3 aromatic rings. The molecule has 3 atom stereocenters. The van der Waals surface area contributed by atoms with Gasteiger partial charge in [0, 0.05) is 44.7 Å². The SMILES string of the molecule is CCC[C@H](n1cnc(C(=O)N2CCNC[C@H]2Cc2ccccc2)c1-c1ccccc1)C(O)(CC)CCNC(C)=O. The Morgan fingerprint density at radius 1 is 1.12 bits per heavy atom. The number of rotatable bonds is 12. The van der Waals surface area contributed by atoms with Gasteiger partial charge in [0.25, 0.3) is 5.91 Å². The summed E-state index contributed by atoms with van der Waals surface area (Å²) in [5.41, 5.74) is 2.13. The van der Waals surface area contributed by atoms with E-state index in [0.29, 0.717) is 38.0 Å². The second-order valence-electron chi connectivity index (χ2n) is 10.8. The first kappa shape index (κ1) is 29.5. The third-order valence-corrected chi connectivity index (χ3v) is 8.03. The summed E-state index contributed by atoms with van der Waals surface area (Å²) in [6, 6.07) is 19.8. The molecule has 1 saturated heterocycles. The molecule has 1 fully saturated rings. The quantitative estimate of drug-likeness (QED) is 0.317. The number of benzene rings is 2. The first-order valence-electron chi connectivity index (χ1n) is 14.5. The van der Waals surface area contributed by atoms with Crippen LogP contribution in [0.3, 0.4) is 0 Å². The molecule has 2 heterocycles. The topological polar surface area (TPSA) is 99.5 Å². The van der Waals surface area contributed by atoms with Gasteiger partial charge in [0.05, 0.1) is 23.7 Å². The van der Waals surface area contributed by atoms with Crippen LogP contribution in [0, 0.1) is 0 Å². The van der Waals surface area contributed by atoms with Gasteiger partial charge >= 0.3 is 0 Å². The number of hydrogen-bond acceptors (Lipinski definition) is 5. The van der Waals surface area contributed by atoms with Crippen molar-refractivity contribution < 1.29 is 14.7 Å². The molecular weight excluding hydrogens is 502 g/mol. The van der Waals surface area contributed by atoms with Crippen LogP contribution in [0.4, 0.5) is 0 Å². The van der Waals surface area contributed by atoms with Gasteiger partial charge in [0.1, 0.15) is 0 Å². The molecule has 8 nitrogen and oxygen atoms in total. The second kappa shape index (κ2) is 13.7. The van der Waals surface area contributed by atoms with E-state index in [1.807, 2.05) is 64.9 Å². The minimum absolute atomic E-state index is 0.00842. The van der Waals surface area contributed by atoms with Gasteiger partial charge in [-0.15, -0.1) is 0 Å². The predicted molar refractivity (Wildman–Crippen MR) is 158 cm³/mol. The highest BCUT2D eigenvalue weighted by Gasteiger charge is 2.39.